The van der Waals surface area contributed by atoms with Crippen LogP contribution in [0.4, 0.5) is 4.39 Å². The highest BCUT2D eigenvalue weighted by Gasteiger charge is 2.21. The zero-order chi connectivity index (χ0) is 17.9. The Morgan fingerprint density at radius 3 is 2.67 bits per heavy atom. The predicted molar refractivity (Wildman–Crippen MR) is 94.7 cm³/mol. The van der Waals surface area contributed by atoms with E-state index in [9.17, 15) is 4.39 Å². The third-order valence-corrected chi connectivity index (χ3v) is 3.86. The predicted octanol–water partition coefficient (Wildman–Crippen LogP) is 4.39. The van der Waals surface area contributed by atoms with Crippen molar-refractivity contribution in [3.63, 3.8) is 0 Å². The molecule has 2 aromatic heterocycles. The van der Waals surface area contributed by atoms with Gasteiger partial charge < -0.3 is 10.5 Å². The van der Waals surface area contributed by atoms with Crippen molar-refractivity contribution in [2.24, 2.45) is 11.7 Å². The molecule has 0 amide bonds. The van der Waals surface area contributed by atoms with Crippen LogP contribution in [0.2, 0.25) is 5.15 Å². The van der Waals surface area contributed by atoms with Crippen LogP contribution >= 0.6 is 11.6 Å². The Bertz CT molecular complexity index is 719. The standard InChI is InChI=1S/C18H23ClFN3O/c1-11(2)9-18(4,21)10-24-15-6-5-14(23-12(15)3)13-7-8-22-17(19)16(13)20/h5-8,11H,9-10,21H2,1-4H3/t18-/m0/s1. The van der Waals surface area contributed by atoms with Crippen LogP contribution < -0.4 is 10.5 Å². The molecule has 0 aliphatic carbocycles. The van der Waals surface area contributed by atoms with Gasteiger partial charge in [-0.3, -0.25) is 0 Å². The van der Waals surface area contributed by atoms with E-state index >= 15 is 0 Å². The largest absolute Gasteiger partial charge is 0.490 e. The number of nitrogens with two attached hydrogens (primary N) is 1. The quantitative estimate of drug-likeness (QED) is 0.784. The number of nitrogens with zero attached hydrogens (tertiary/aromatic N) is 2. The second-order valence-corrected chi connectivity index (χ2v) is 7.14. The molecule has 6 heteroatoms. The van der Waals surface area contributed by atoms with Crippen LogP contribution in [0, 0.1) is 18.7 Å². The van der Waals surface area contributed by atoms with E-state index in [1.807, 2.05) is 13.8 Å². The molecule has 0 aliphatic rings. The molecule has 24 heavy (non-hydrogen) atoms. The smallest absolute Gasteiger partial charge is 0.169 e. The molecule has 0 saturated carbocycles. The minimum atomic E-state index is -0.578. The molecule has 4 nitrogen and oxygen atoms in total. The maximum absolute atomic E-state index is 14.1. The summed E-state index contributed by atoms with van der Waals surface area (Å²) in [7, 11) is 0. The number of pyridine rings is 2. The topological polar surface area (TPSA) is 61.0 Å². The molecule has 2 N–H and O–H groups in total. The van der Waals surface area contributed by atoms with Crippen molar-refractivity contribution >= 4 is 11.6 Å². The van der Waals surface area contributed by atoms with Crippen LogP contribution in [0.15, 0.2) is 24.4 Å². The first-order chi connectivity index (χ1) is 11.2. The van der Waals surface area contributed by atoms with Gasteiger partial charge in [-0.05, 0) is 44.4 Å². The number of rotatable bonds is 6. The van der Waals surface area contributed by atoms with E-state index in [0.717, 1.165) is 6.42 Å². The van der Waals surface area contributed by atoms with Crippen LogP contribution in [-0.4, -0.2) is 22.1 Å². The van der Waals surface area contributed by atoms with Gasteiger partial charge in [0.05, 0.1) is 11.4 Å². The van der Waals surface area contributed by atoms with Crippen molar-refractivity contribution in [1.29, 1.82) is 0 Å². The van der Waals surface area contributed by atoms with Crippen molar-refractivity contribution in [3.05, 3.63) is 41.1 Å². The number of ether oxygens (including phenoxy) is 1. The van der Waals surface area contributed by atoms with Gasteiger partial charge in [0.25, 0.3) is 0 Å². The average Bonchev–Trinajstić information content (AvgIpc) is 2.47. The van der Waals surface area contributed by atoms with Gasteiger partial charge in [0.2, 0.25) is 0 Å². The highest BCUT2D eigenvalue weighted by molar-refractivity contribution is 6.29. The van der Waals surface area contributed by atoms with Crippen LogP contribution in [0.25, 0.3) is 11.3 Å². The first kappa shape index (κ1) is 18.6. The van der Waals surface area contributed by atoms with Crippen LogP contribution in [0.3, 0.4) is 0 Å². The Kier molecular flexibility index (Phi) is 5.78. The summed E-state index contributed by atoms with van der Waals surface area (Å²) in [6.07, 6.45) is 2.31. The van der Waals surface area contributed by atoms with Gasteiger partial charge in [-0.25, -0.2) is 14.4 Å². The third kappa shape index (κ3) is 4.65. The summed E-state index contributed by atoms with van der Waals surface area (Å²) in [4.78, 5) is 8.12. The molecule has 0 aliphatic heterocycles. The second kappa shape index (κ2) is 7.45. The molecule has 2 heterocycles. The molecule has 1 atom stereocenters. The van der Waals surface area contributed by atoms with Crippen molar-refractivity contribution in [2.75, 3.05) is 6.61 Å². The summed E-state index contributed by atoms with van der Waals surface area (Å²) in [5, 5.41) is -0.167. The molecule has 0 unspecified atom stereocenters. The van der Waals surface area contributed by atoms with E-state index in [4.69, 9.17) is 22.1 Å². The maximum Gasteiger partial charge on any atom is 0.169 e. The van der Waals surface area contributed by atoms with Gasteiger partial charge in [-0.2, -0.15) is 0 Å². The SMILES string of the molecule is Cc1nc(-c2ccnc(Cl)c2F)ccc1OC[C@@](C)(N)CC(C)C. The zero-order valence-electron chi connectivity index (χ0n) is 14.4. The zero-order valence-corrected chi connectivity index (χ0v) is 15.2. The fraction of sp³-hybridized carbons (Fsp3) is 0.444. The van der Waals surface area contributed by atoms with Gasteiger partial charge in [0.1, 0.15) is 12.4 Å². The van der Waals surface area contributed by atoms with Crippen LogP contribution in [0.1, 0.15) is 32.9 Å². The second-order valence-electron chi connectivity index (χ2n) is 6.78. The third-order valence-electron chi connectivity index (χ3n) is 3.59. The van der Waals surface area contributed by atoms with Crippen LogP contribution in [-0.2, 0) is 0 Å². The first-order valence-electron chi connectivity index (χ1n) is 7.89. The van der Waals surface area contributed by atoms with Crippen molar-refractivity contribution in [3.8, 4) is 17.0 Å². The Hall–Kier alpha value is -1.72. The van der Waals surface area contributed by atoms with E-state index in [2.05, 4.69) is 23.8 Å². The van der Waals surface area contributed by atoms with E-state index in [0.29, 0.717) is 35.2 Å². The molecule has 130 valence electrons. The highest BCUT2D eigenvalue weighted by Crippen LogP contribution is 2.27. The summed E-state index contributed by atoms with van der Waals surface area (Å²) in [6.45, 7) is 8.43. The number of halogens is 2. The average molecular weight is 352 g/mol. The van der Waals surface area contributed by atoms with Gasteiger partial charge in [0, 0.05) is 17.3 Å². The molecule has 2 aromatic rings. The summed E-state index contributed by atoms with van der Waals surface area (Å²) in [5.74, 6) is 0.551. The number of hydrogen-bond acceptors (Lipinski definition) is 4. The fourth-order valence-electron chi connectivity index (χ4n) is 2.70. The molecule has 2 rings (SSSR count). The Labute approximate surface area is 147 Å². The lowest BCUT2D eigenvalue weighted by Crippen LogP contribution is -2.43. The fourth-order valence-corrected chi connectivity index (χ4v) is 2.86. The highest BCUT2D eigenvalue weighted by atomic mass is 35.5. The molecule has 0 spiro atoms. The molecular weight excluding hydrogens is 329 g/mol. The van der Waals surface area contributed by atoms with Crippen LogP contribution in [0.5, 0.6) is 5.75 Å². The summed E-state index contributed by atoms with van der Waals surface area (Å²) >= 11 is 5.72. The van der Waals surface area contributed by atoms with E-state index in [1.165, 1.54) is 6.20 Å². The maximum atomic E-state index is 14.1. The molecule has 0 saturated heterocycles. The monoisotopic (exact) mass is 351 g/mol. The number of aryl methyl sites for hydroxylation is 1. The summed E-state index contributed by atoms with van der Waals surface area (Å²) in [5.41, 5.74) is 7.31. The number of hydrogen-bond donors (Lipinski definition) is 1. The van der Waals surface area contributed by atoms with Crippen molar-refractivity contribution < 1.29 is 9.13 Å². The lowest BCUT2D eigenvalue weighted by atomic mass is 9.93. The minimum Gasteiger partial charge on any atom is -0.490 e. The Morgan fingerprint density at radius 1 is 1.33 bits per heavy atom. The molecular formula is C18H23ClFN3O. The van der Waals surface area contributed by atoms with Crippen molar-refractivity contribution in [2.45, 2.75) is 39.7 Å². The minimum absolute atomic E-state index is 0.167. The van der Waals surface area contributed by atoms with Crippen molar-refractivity contribution in [1.82, 2.24) is 9.97 Å². The molecule has 0 fully saturated rings. The van der Waals surface area contributed by atoms with E-state index < -0.39 is 11.4 Å². The lowest BCUT2D eigenvalue weighted by molar-refractivity contribution is 0.205. The Balaban J connectivity index is 2.17. The van der Waals surface area contributed by atoms with Gasteiger partial charge >= 0.3 is 0 Å². The normalized spacial score (nSPS) is 13.8. The molecule has 0 radical (unpaired) electrons. The van der Waals surface area contributed by atoms with Gasteiger partial charge in [0.15, 0.2) is 11.0 Å². The summed E-state index contributed by atoms with van der Waals surface area (Å²) < 4.78 is 19.9. The van der Waals surface area contributed by atoms with Gasteiger partial charge in [-0.1, -0.05) is 25.4 Å². The molecule has 0 bridgehead atoms. The number of aromatic nitrogens is 2. The Morgan fingerprint density at radius 2 is 2.04 bits per heavy atom. The van der Waals surface area contributed by atoms with E-state index in [-0.39, 0.29) is 5.15 Å². The first-order valence-corrected chi connectivity index (χ1v) is 8.27. The lowest BCUT2D eigenvalue weighted by Gasteiger charge is -2.27. The summed E-state index contributed by atoms with van der Waals surface area (Å²) in [6, 6.07) is 5.02. The van der Waals surface area contributed by atoms with Gasteiger partial charge in [-0.15, -0.1) is 0 Å². The molecule has 0 aromatic carbocycles. The van der Waals surface area contributed by atoms with E-state index in [1.54, 1.807) is 18.2 Å².